The molecule has 0 amide bonds. The van der Waals surface area contributed by atoms with Gasteiger partial charge in [-0.3, -0.25) is 0 Å². The summed E-state index contributed by atoms with van der Waals surface area (Å²) in [7, 11) is 0. The maximum Gasteiger partial charge on any atom is 0.145 e. The van der Waals surface area contributed by atoms with Crippen molar-refractivity contribution in [2.75, 3.05) is 6.54 Å². The fraction of sp³-hybridized carbons (Fsp3) is 0.500. The Bertz CT molecular complexity index is 412. The van der Waals surface area contributed by atoms with E-state index in [2.05, 4.69) is 21.2 Å². The lowest BCUT2D eigenvalue weighted by Crippen LogP contribution is -2.30. The van der Waals surface area contributed by atoms with Crippen LogP contribution in [0.15, 0.2) is 16.6 Å². The van der Waals surface area contributed by atoms with E-state index in [0.29, 0.717) is 16.3 Å². The van der Waals surface area contributed by atoms with E-state index >= 15 is 0 Å². The lowest BCUT2D eigenvalue weighted by molar-refractivity contribution is 0.214. The molecule has 0 saturated heterocycles. The Balaban J connectivity index is 1.94. The smallest absolute Gasteiger partial charge is 0.145 e. The summed E-state index contributed by atoms with van der Waals surface area (Å²) in [6.45, 7) is 2.72. The molecule has 1 saturated carbocycles. The van der Waals surface area contributed by atoms with E-state index in [0.717, 1.165) is 6.54 Å². The van der Waals surface area contributed by atoms with Crippen LogP contribution in [0.2, 0.25) is 5.02 Å². The summed E-state index contributed by atoms with van der Waals surface area (Å²) in [5, 5.41) is 3.45. The predicted molar refractivity (Wildman–Crippen MR) is 70.2 cm³/mol. The van der Waals surface area contributed by atoms with Crippen molar-refractivity contribution in [2.45, 2.75) is 31.9 Å². The van der Waals surface area contributed by atoms with E-state index in [9.17, 15) is 4.39 Å². The fourth-order valence-electron chi connectivity index (χ4n) is 1.47. The maximum absolute atomic E-state index is 13.3. The molecule has 0 aliphatic heterocycles. The Morgan fingerprint density at radius 3 is 2.94 bits per heavy atom. The second-order valence-corrected chi connectivity index (χ2v) is 5.57. The molecule has 0 spiro atoms. The summed E-state index contributed by atoms with van der Waals surface area (Å²) < 4.78 is 19.6. The van der Waals surface area contributed by atoms with Crippen molar-refractivity contribution in [3.05, 3.63) is 27.4 Å². The number of halogens is 3. The molecule has 94 valence electrons. The number of hydrogen-bond acceptors (Lipinski definition) is 2. The highest BCUT2D eigenvalue weighted by Gasteiger charge is 2.21. The van der Waals surface area contributed by atoms with Gasteiger partial charge in [0.05, 0.1) is 9.50 Å². The van der Waals surface area contributed by atoms with Gasteiger partial charge in [-0.25, -0.2) is 4.39 Å². The molecular weight excluding hydrogens is 308 g/mol. The number of nitrogens with one attached hydrogen (secondary N) is 1. The molecule has 0 heterocycles. The van der Waals surface area contributed by atoms with E-state index in [1.165, 1.54) is 25.0 Å². The van der Waals surface area contributed by atoms with Gasteiger partial charge in [0, 0.05) is 18.7 Å². The van der Waals surface area contributed by atoms with E-state index in [4.69, 9.17) is 16.3 Å². The number of ether oxygens (including phenoxy) is 1. The van der Waals surface area contributed by atoms with Gasteiger partial charge >= 0.3 is 0 Å². The minimum absolute atomic E-state index is 0.00697. The molecule has 0 radical (unpaired) electrons. The molecule has 1 unspecified atom stereocenters. The Kier molecular flexibility index (Phi) is 4.28. The molecule has 2 rings (SSSR count). The first kappa shape index (κ1) is 13.1. The summed E-state index contributed by atoms with van der Waals surface area (Å²) in [5.41, 5.74) is 0. The second kappa shape index (κ2) is 5.55. The zero-order valence-electron chi connectivity index (χ0n) is 9.47. The standard InChI is InChI=1S/C12H14BrClFNO/c1-7(6-16-8-2-3-8)17-12-5-11(15)10(14)4-9(12)13/h4-5,7-8,16H,2-3,6H2,1H3. The van der Waals surface area contributed by atoms with Crippen molar-refractivity contribution in [1.82, 2.24) is 5.32 Å². The minimum Gasteiger partial charge on any atom is -0.488 e. The third-order valence-corrected chi connectivity index (χ3v) is 3.48. The first-order chi connectivity index (χ1) is 8.06. The lowest BCUT2D eigenvalue weighted by atomic mass is 10.3. The zero-order chi connectivity index (χ0) is 12.4. The highest BCUT2D eigenvalue weighted by atomic mass is 79.9. The maximum atomic E-state index is 13.3. The minimum atomic E-state index is -0.466. The van der Waals surface area contributed by atoms with Crippen molar-refractivity contribution in [3.8, 4) is 5.75 Å². The Hall–Kier alpha value is -0.320. The van der Waals surface area contributed by atoms with Gasteiger partial charge in [0.1, 0.15) is 17.7 Å². The summed E-state index contributed by atoms with van der Waals surface area (Å²) >= 11 is 8.97. The number of benzene rings is 1. The summed E-state index contributed by atoms with van der Waals surface area (Å²) in [5.74, 6) is 0.0178. The Morgan fingerprint density at radius 1 is 1.59 bits per heavy atom. The third kappa shape index (κ3) is 3.83. The van der Waals surface area contributed by atoms with Gasteiger partial charge in [0.25, 0.3) is 0 Å². The summed E-state index contributed by atoms with van der Waals surface area (Å²) in [6.07, 6.45) is 2.48. The van der Waals surface area contributed by atoms with Crippen molar-refractivity contribution in [3.63, 3.8) is 0 Å². The zero-order valence-corrected chi connectivity index (χ0v) is 11.8. The molecule has 1 aliphatic rings. The normalized spacial score (nSPS) is 16.9. The molecule has 1 fully saturated rings. The van der Waals surface area contributed by atoms with Crippen LogP contribution in [0, 0.1) is 5.82 Å². The highest BCUT2D eigenvalue weighted by molar-refractivity contribution is 9.10. The van der Waals surface area contributed by atoms with Crippen LogP contribution in [-0.2, 0) is 0 Å². The fourth-order valence-corrected chi connectivity index (χ4v) is 2.21. The van der Waals surface area contributed by atoms with E-state index in [1.54, 1.807) is 0 Å². The van der Waals surface area contributed by atoms with Crippen molar-refractivity contribution >= 4 is 27.5 Å². The van der Waals surface area contributed by atoms with Crippen LogP contribution < -0.4 is 10.1 Å². The topological polar surface area (TPSA) is 21.3 Å². The predicted octanol–water partition coefficient (Wildman–Crippen LogP) is 3.76. The van der Waals surface area contributed by atoms with Gasteiger partial charge in [-0.2, -0.15) is 0 Å². The average molecular weight is 323 g/mol. The molecule has 0 aromatic heterocycles. The largest absolute Gasteiger partial charge is 0.488 e. The van der Waals surface area contributed by atoms with E-state index in [1.807, 2.05) is 6.92 Å². The monoisotopic (exact) mass is 321 g/mol. The van der Waals surface area contributed by atoms with Gasteiger partial charge in [-0.05, 0) is 41.8 Å². The molecule has 0 bridgehead atoms. The summed E-state index contributed by atoms with van der Waals surface area (Å²) in [4.78, 5) is 0. The first-order valence-electron chi connectivity index (χ1n) is 5.61. The Morgan fingerprint density at radius 2 is 2.29 bits per heavy atom. The third-order valence-electron chi connectivity index (χ3n) is 2.57. The second-order valence-electron chi connectivity index (χ2n) is 4.31. The van der Waals surface area contributed by atoms with Crippen LogP contribution >= 0.6 is 27.5 Å². The molecular formula is C12H14BrClFNO. The van der Waals surface area contributed by atoms with Crippen LogP contribution in [0.5, 0.6) is 5.75 Å². The van der Waals surface area contributed by atoms with Gasteiger partial charge in [-0.1, -0.05) is 11.6 Å². The van der Waals surface area contributed by atoms with Crippen LogP contribution in [-0.4, -0.2) is 18.7 Å². The van der Waals surface area contributed by atoms with E-state index < -0.39 is 5.82 Å². The van der Waals surface area contributed by atoms with Crippen LogP contribution in [0.3, 0.4) is 0 Å². The van der Waals surface area contributed by atoms with Gasteiger partial charge < -0.3 is 10.1 Å². The quantitative estimate of drug-likeness (QED) is 0.833. The van der Waals surface area contributed by atoms with Gasteiger partial charge in [0.15, 0.2) is 0 Å². The molecule has 1 aromatic rings. The van der Waals surface area contributed by atoms with Crippen molar-refractivity contribution in [1.29, 1.82) is 0 Å². The average Bonchev–Trinajstić information content (AvgIpc) is 3.07. The molecule has 17 heavy (non-hydrogen) atoms. The lowest BCUT2D eigenvalue weighted by Gasteiger charge is -2.16. The van der Waals surface area contributed by atoms with Gasteiger partial charge in [0.2, 0.25) is 0 Å². The van der Waals surface area contributed by atoms with Crippen molar-refractivity contribution in [2.24, 2.45) is 0 Å². The van der Waals surface area contributed by atoms with Crippen LogP contribution in [0.25, 0.3) is 0 Å². The molecule has 5 heteroatoms. The summed E-state index contributed by atoms with van der Waals surface area (Å²) in [6, 6.07) is 3.46. The van der Waals surface area contributed by atoms with Gasteiger partial charge in [-0.15, -0.1) is 0 Å². The Labute approximate surface area is 114 Å². The number of hydrogen-bond donors (Lipinski definition) is 1. The molecule has 1 N–H and O–H groups in total. The first-order valence-corrected chi connectivity index (χ1v) is 6.78. The molecule has 1 aliphatic carbocycles. The van der Waals surface area contributed by atoms with Crippen molar-refractivity contribution < 1.29 is 9.13 Å². The highest BCUT2D eigenvalue weighted by Crippen LogP contribution is 2.31. The molecule has 2 nitrogen and oxygen atoms in total. The van der Waals surface area contributed by atoms with E-state index in [-0.39, 0.29) is 11.1 Å². The molecule has 1 aromatic carbocycles. The molecule has 1 atom stereocenters. The van der Waals surface area contributed by atoms with Crippen LogP contribution in [0.4, 0.5) is 4.39 Å². The van der Waals surface area contributed by atoms with Crippen LogP contribution in [0.1, 0.15) is 19.8 Å². The SMILES string of the molecule is CC(CNC1CC1)Oc1cc(F)c(Cl)cc1Br. The number of rotatable bonds is 5.